The van der Waals surface area contributed by atoms with E-state index in [2.05, 4.69) is 17.0 Å². The fraction of sp³-hybridized carbons (Fsp3) is 0.478. The summed E-state index contributed by atoms with van der Waals surface area (Å²) in [5.41, 5.74) is 1.19. The number of benzene rings is 2. The van der Waals surface area contributed by atoms with Gasteiger partial charge in [0.15, 0.2) is 0 Å². The quantitative estimate of drug-likeness (QED) is 0.790. The Hall–Kier alpha value is -1.71. The number of rotatable bonds is 6. The minimum atomic E-state index is -0.759. The van der Waals surface area contributed by atoms with E-state index >= 15 is 0 Å². The Morgan fingerprint density at radius 1 is 1.08 bits per heavy atom. The summed E-state index contributed by atoms with van der Waals surface area (Å²) in [4.78, 5) is 2.07. The molecule has 2 aromatic carbocycles. The Morgan fingerprint density at radius 3 is 2.46 bits per heavy atom. The minimum Gasteiger partial charge on any atom is -0.390 e. The normalized spacial score (nSPS) is 24.6. The Labute approximate surface area is 156 Å². The number of hydrogen-bond acceptors (Lipinski definition) is 2. The summed E-state index contributed by atoms with van der Waals surface area (Å²) >= 11 is 0. The van der Waals surface area contributed by atoms with Gasteiger partial charge >= 0.3 is 0 Å². The molecule has 26 heavy (non-hydrogen) atoms. The predicted octanol–water partition coefficient (Wildman–Crippen LogP) is 4.98. The molecule has 0 radical (unpaired) electrons. The molecule has 1 aliphatic rings. The summed E-state index contributed by atoms with van der Waals surface area (Å²) in [6.07, 6.45) is 5.44. The molecule has 0 amide bonds. The fourth-order valence-electron chi connectivity index (χ4n) is 4.59. The first-order valence-electron chi connectivity index (χ1n) is 9.68. The molecular weight excluding hydrogens is 325 g/mol. The number of halogens is 1. The van der Waals surface area contributed by atoms with Crippen LogP contribution in [0.25, 0.3) is 0 Å². The van der Waals surface area contributed by atoms with E-state index in [0.717, 1.165) is 38.5 Å². The average Bonchev–Trinajstić information content (AvgIpc) is 2.64. The molecule has 2 nitrogen and oxygen atoms in total. The van der Waals surface area contributed by atoms with E-state index in [0.29, 0.717) is 5.56 Å². The Bertz CT molecular complexity index is 702. The number of aryl methyl sites for hydroxylation is 1. The van der Waals surface area contributed by atoms with E-state index < -0.39 is 5.60 Å². The SMILES string of the molecule is CN(C)C(c1ccccc1F)C1CCCCC1(O)CCc1ccccc1. The van der Waals surface area contributed by atoms with E-state index in [1.165, 1.54) is 11.6 Å². The van der Waals surface area contributed by atoms with Crippen molar-refractivity contribution in [1.29, 1.82) is 0 Å². The highest BCUT2D eigenvalue weighted by atomic mass is 19.1. The second kappa shape index (κ2) is 8.32. The Morgan fingerprint density at radius 2 is 1.77 bits per heavy atom. The lowest BCUT2D eigenvalue weighted by Gasteiger charge is -2.46. The van der Waals surface area contributed by atoms with Gasteiger partial charge in [0.1, 0.15) is 5.82 Å². The van der Waals surface area contributed by atoms with E-state index in [4.69, 9.17) is 0 Å². The molecule has 3 unspecified atom stereocenters. The fourth-order valence-corrected chi connectivity index (χ4v) is 4.59. The molecule has 1 N–H and O–H groups in total. The molecule has 3 atom stereocenters. The van der Waals surface area contributed by atoms with Gasteiger partial charge in [-0.3, -0.25) is 0 Å². The smallest absolute Gasteiger partial charge is 0.127 e. The van der Waals surface area contributed by atoms with Crippen LogP contribution in [0.2, 0.25) is 0 Å². The molecule has 0 spiro atoms. The zero-order valence-corrected chi connectivity index (χ0v) is 15.9. The van der Waals surface area contributed by atoms with Gasteiger partial charge in [0.25, 0.3) is 0 Å². The first kappa shape index (κ1) is 19.1. The van der Waals surface area contributed by atoms with Crippen LogP contribution in [-0.2, 0) is 6.42 Å². The molecule has 140 valence electrons. The topological polar surface area (TPSA) is 23.5 Å². The van der Waals surface area contributed by atoms with Gasteiger partial charge in [0.05, 0.1) is 5.60 Å². The van der Waals surface area contributed by atoms with Crippen LogP contribution in [0.5, 0.6) is 0 Å². The van der Waals surface area contributed by atoms with Gasteiger partial charge in [-0.15, -0.1) is 0 Å². The highest BCUT2D eigenvalue weighted by Crippen LogP contribution is 2.46. The van der Waals surface area contributed by atoms with Gasteiger partial charge in [0, 0.05) is 17.5 Å². The van der Waals surface area contributed by atoms with Crippen molar-refractivity contribution in [2.75, 3.05) is 14.1 Å². The maximum atomic E-state index is 14.5. The third-order valence-electron chi connectivity index (χ3n) is 5.92. The lowest BCUT2D eigenvalue weighted by molar-refractivity contribution is -0.0833. The molecule has 1 aliphatic carbocycles. The number of nitrogens with zero attached hydrogens (tertiary/aromatic N) is 1. The van der Waals surface area contributed by atoms with Crippen molar-refractivity contribution in [3.63, 3.8) is 0 Å². The second-order valence-electron chi connectivity index (χ2n) is 7.87. The lowest BCUT2D eigenvalue weighted by atomic mass is 9.67. The van der Waals surface area contributed by atoms with Crippen LogP contribution in [0.3, 0.4) is 0 Å². The Kier molecular flexibility index (Phi) is 6.10. The van der Waals surface area contributed by atoms with Crippen LogP contribution < -0.4 is 0 Å². The summed E-state index contributed by atoms with van der Waals surface area (Å²) in [7, 11) is 3.98. The van der Waals surface area contributed by atoms with E-state index in [9.17, 15) is 9.50 Å². The van der Waals surface area contributed by atoms with E-state index in [1.54, 1.807) is 6.07 Å². The maximum absolute atomic E-state index is 14.5. The molecule has 3 rings (SSSR count). The summed E-state index contributed by atoms with van der Waals surface area (Å²) < 4.78 is 14.5. The van der Waals surface area contributed by atoms with Gasteiger partial charge in [0.2, 0.25) is 0 Å². The van der Waals surface area contributed by atoms with Crippen LogP contribution >= 0.6 is 0 Å². The van der Waals surface area contributed by atoms with E-state index in [-0.39, 0.29) is 17.8 Å². The Balaban J connectivity index is 1.87. The van der Waals surface area contributed by atoms with Gasteiger partial charge in [-0.1, -0.05) is 61.4 Å². The van der Waals surface area contributed by atoms with Crippen molar-refractivity contribution in [2.45, 2.75) is 50.2 Å². The molecule has 2 aromatic rings. The van der Waals surface area contributed by atoms with Crippen LogP contribution in [-0.4, -0.2) is 29.7 Å². The van der Waals surface area contributed by atoms with Crippen molar-refractivity contribution in [2.24, 2.45) is 5.92 Å². The van der Waals surface area contributed by atoms with E-state index in [1.807, 2.05) is 44.4 Å². The second-order valence-corrected chi connectivity index (χ2v) is 7.87. The lowest BCUT2D eigenvalue weighted by Crippen LogP contribution is -2.47. The monoisotopic (exact) mass is 355 g/mol. The third kappa shape index (κ3) is 4.16. The summed E-state index contributed by atoms with van der Waals surface area (Å²) in [5, 5.41) is 11.6. The molecule has 0 bridgehead atoms. The highest BCUT2D eigenvalue weighted by Gasteiger charge is 2.44. The van der Waals surface area contributed by atoms with Crippen LogP contribution in [0.1, 0.15) is 49.3 Å². The van der Waals surface area contributed by atoms with Crippen molar-refractivity contribution in [3.8, 4) is 0 Å². The third-order valence-corrected chi connectivity index (χ3v) is 5.92. The molecule has 0 aliphatic heterocycles. The number of aliphatic hydroxyl groups is 1. The molecular formula is C23H30FNO. The zero-order valence-electron chi connectivity index (χ0n) is 15.9. The van der Waals surface area contributed by atoms with Crippen LogP contribution in [0.4, 0.5) is 4.39 Å². The van der Waals surface area contributed by atoms with Crippen LogP contribution in [0, 0.1) is 11.7 Å². The average molecular weight is 355 g/mol. The number of hydrogen-bond donors (Lipinski definition) is 1. The molecule has 0 saturated heterocycles. The first-order valence-corrected chi connectivity index (χ1v) is 9.68. The maximum Gasteiger partial charge on any atom is 0.127 e. The summed E-state index contributed by atoms with van der Waals surface area (Å²) in [6, 6.07) is 17.2. The molecule has 3 heteroatoms. The molecule has 1 saturated carbocycles. The minimum absolute atomic E-state index is 0.0341. The highest BCUT2D eigenvalue weighted by molar-refractivity contribution is 5.24. The van der Waals surface area contributed by atoms with Crippen molar-refractivity contribution >= 4 is 0 Å². The van der Waals surface area contributed by atoms with Crippen molar-refractivity contribution in [1.82, 2.24) is 4.90 Å². The molecule has 0 heterocycles. The van der Waals surface area contributed by atoms with Gasteiger partial charge in [-0.2, -0.15) is 0 Å². The molecule has 0 aromatic heterocycles. The summed E-state index contributed by atoms with van der Waals surface area (Å²) in [5.74, 6) is -0.144. The molecule has 1 fully saturated rings. The van der Waals surface area contributed by atoms with Gasteiger partial charge in [-0.25, -0.2) is 4.39 Å². The standard InChI is InChI=1S/C23H30FNO/c1-25(2)22(19-12-6-7-14-21(19)24)20-13-8-9-16-23(20,26)17-15-18-10-4-3-5-11-18/h3-7,10-12,14,20,22,26H,8-9,13,15-17H2,1-2H3. The van der Waals surface area contributed by atoms with Gasteiger partial charge < -0.3 is 10.0 Å². The van der Waals surface area contributed by atoms with Crippen LogP contribution in [0.15, 0.2) is 54.6 Å². The van der Waals surface area contributed by atoms with Crippen molar-refractivity contribution in [3.05, 3.63) is 71.5 Å². The van der Waals surface area contributed by atoms with Gasteiger partial charge in [-0.05, 0) is 51.4 Å². The zero-order chi connectivity index (χ0) is 18.6. The predicted molar refractivity (Wildman–Crippen MR) is 104 cm³/mol. The van der Waals surface area contributed by atoms with Crippen molar-refractivity contribution < 1.29 is 9.50 Å². The first-order chi connectivity index (χ1) is 12.5. The largest absolute Gasteiger partial charge is 0.390 e. The summed E-state index contributed by atoms with van der Waals surface area (Å²) in [6.45, 7) is 0.